The lowest BCUT2D eigenvalue weighted by atomic mass is 10.1. The van der Waals surface area contributed by atoms with Crippen LogP contribution in [-0.2, 0) is 9.53 Å². The summed E-state index contributed by atoms with van der Waals surface area (Å²) in [5, 5.41) is 2.28. The minimum absolute atomic E-state index is 0.137. The molecule has 0 bridgehead atoms. The van der Waals surface area contributed by atoms with Crippen LogP contribution in [0, 0.1) is 11.8 Å². The highest BCUT2D eigenvalue weighted by molar-refractivity contribution is 5.88. The van der Waals surface area contributed by atoms with Gasteiger partial charge in [0.1, 0.15) is 0 Å². The molecule has 0 atom stereocenters. The van der Waals surface area contributed by atoms with E-state index in [1.54, 1.807) is 0 Å². The van der Waals surface area contributed by atoms with Crippen LogP contribution in [0.4, 0.5) is 0 Å². The maximum Gasteiger partial charge on any atom is 0.303 e. The highest BCUT2D eigenvalue weighted by Crippen LogP contribution is 2.17. The van der Waals surface area contributed by atoms with Gasteiger partial charge in [-0.3, -0.25) is 4.79 Å². The summed E-state index contributed by atoms with van der Waals surface area (Å²) in [6, 6.07) is 14.0. The van der Waals surface area contributed by atoms with Gasteiger partial charge in [-0.05, 0) is 16.8 Å². The molecule has 0 spiro atoms. The maximum absolute atomic E-state index is 10.6. The molecule has 84 valence electrons. The molecule has 2 nitrogen and oxygen atoms in total. The molecule has 0 fully saturated rings. The number of ether oxygens (including phenoxy) is 1. The summed E-state index contributed by atoms with van der Waals surface area (Å²) in [5.41, 5.74) is 0.954. The molecule has 2 aromatic carbocycles. The van der Waals surface area contributed by atoms with Crippen molar-refractivity contribution >= 4 is 16.7 Å². The number of rotatable bonds is 1. The van der Waals surface area contributed by atoms with E-state index in [2.05, 4.69) is 11.8 Å². The van der Waals surface area contributed by atoms with Gasteiger partial charge in [-0.15, -0.1) is 0 Å². The number of carbonyl (C=O) groups excluding carboxylic acids is 1. The van der Waals surface area contributed by atoms with Gasteiger partial charge in [-0.1, -0.05) is 48.2 Å². The van der Waals surface area contributed by atoms with Crippen molar-refractivity contribution in [2.24, 2.45) is 0 Å². The van der Waals surface area contributed by atoms with Gasteiger partial charge in [-0.25, -0.2) is 0 Å². The Morgan fingerprint density at radius 1 is 1.18 bits per heavy atom. The number of benzene rings is 2. The van der Waals surface area contributed by atoms with Crippen molar-refractivity contribution in [3.05, 3.63) is 48.0 Å². The lowest BCUT2D eigenvalue weighted by molar-refractivity contribution is -0.139. The van der Waals surface area contributed by atoms with Crippen LogP contribution in [0.25, 0.3) is 10.8 Å². The average molecular weight is 224 g/mol. The molecule has 17 heavy (non-hydrogen) atoms. The van der Waals surface area contributed by atoms with E-state index in [1.807, 2.05) is 42.5 Å². The molecule has 0 heterocycles. The van der Waals surface area contributed by atoms with Crippen molar-refractivity contribution in [1.82, 2.24) is 0 Å². The zero-order valence-electron chi connectivity index (χ0n) is 9.57. The second-order valence-corrected chi connectivity index (χ2v) is 3.61. The topological polar surface area (TPSA) is 26.3 Å². The monoisotopic (exact) mass is 224 g/mol. The molecular weight excluding hydrogens is 212 g/mol. The highest BCUT2D eigenvalue weighted by atomic mass is 16.5. The lowest BCUT2D eigenvalue weighted by Gasteiger charge is -1.99. The zero-order valence-corrected chi connectivity index (χ0v) is 9.57. The average Bonchev–Trinajstić information content (AvgIpc) is 2.34. The molecule has 2 rings (SSSR count). The van der Waals surface area contributed by atoms with Gasteiger partial charge in [0.15, 0.2) is 6.61 Å². The van der Waals surface area contributed by atoms with Crippen LogP contribution in [0.1, 0.15) is 12.5 Å². The normalized spacial score (nSPS) is 9.47. The number of hydrogen-bond donors (Lipinski definition) is 0. The van der Waals surface area contributed by atoms with E-state index < -0.39 is 0 Å². The first-order chi connectivity index (χ1) is 8.27. The molecule has 2 heteroatoms. The molecule has 0 aliphatic carbocycles. The summed E-state index contributed by atoms with van der Waals surface area (Å²) in [7, 11) is 0. The Balaban J connectivity index is 2.26. The molecule has 0 radical (unpaired) electrons. The quantitative estimate of drug-likeness (QED) is 0.550. The van der Waals surface area contributed by atoms with Gasteiger partial charge in [0, 0.05) is 12.5 Å². The highest BCUT2D eigenvalue weighted by Gasteiger charge is 1.95. The van der Waals surface area contributed by atoms with E-state index in [1.165, 1.54) is 6.92 Å². The summed E-state index contributed by atoms with van der Waals surface area (Å²) < 4.78 is 4.76. The van der Waals surface area contributed by atoms with Crippen LogP contribution in [0.2, 0.25) is 0 Å². The Bertz CT molecular complexity index is 598. The van der Waals surface area contributed by atoms with Crippen LogP contribution < -0.4 is 0 Å². The second-order valence-electron chi connectivity index (χ2n) is 3.61. The predicted octanol–water partition coefficient (Wildman–Crippen LogP) is 2.75. The fraction of sp³-hybridized carbons (Fsp3) is 0.133. The van der Waals surface area contributed by atoms with Crippen molar-refractivity contribution in [3.8, 4) is 11.8 Å². The van der Waals surface area contributed by atoms with E-state index in [-0.39, 0.29) is 12.6 Å². The molecule has 0 aliphatic heterocycles. The van der Waals surface area contributed by atoms with Gasteiger partial charge in [-0.2, -0.15) is 0 Å². The van der Waals surface area contributed by atoms with Crippen LogP contribution in [0.5, 0.6) is 0 Å². The van der Waals surface area contributed by atoms with E-state index in [0.717, 1.165) is 16.3 Å². The molecule has 0 saturated heterocycles. The summed E-state index contributed by atoms with van der Waals surface area (Å²) in [6.45, 7) is 1.51. The second kappa shape index (κ2) is 5.18. The van der Waals surface area contributed by atoms with Crippen LogP contribution in [-0.4, -0.2) is 12.6 Å². The first-order valence-corrected chi connectivity index (χ1v) is 5.37. The van der Waals surface area contributed by atoms with Crippen LogP contribution >= 0.6 is 0 Å². The first-order valence-electron chi connectivity index (χ1n) is 5.37. The Morgan fingerprint density at radius 2 is 1.94 bits per heavy atom. The maximum atomic E-state index is 10.6. The molecule has 0 N–H and O–H groups in total. The van der Waals surface area contributed by atoms with Crippen molar-refractivity contribution in [2.75, 3.05) is 6.61 Å². The summed E-state index contributed by atoms with van der Waals surface area (Å²) in [4.78, 5) is 10.6. The molecule has 0 aliphatic rings. The Kier molecular flexibility index (Phi) is 3.42. The summed E-state index contributed by atoms with van der Waals surface area (Å²) >= 11 is 0. The van der Waals surface area contributed by atoms with Gasteiger partial charge in [0.25, 0.3) is 0 Å². The Morgan fingerprint density at radius 3 is 2.76 bits per heavy atom. The molecule has 2 aromatic rings. The number of esters is 1. The Labute approximate surface area is 100 Å². The molecule has 0 unspecified atom stereocenters. The van der Waals surface area contributed by atoms with Gasteiger partial charge >= 0.3 is 5.97 Å². The fourth-order valence-electron chi connectivity index (χ4n) is 1.60. The van der Waals surface area contributed by atoms with Crippen molar-refractivity contribution in [2.45, 2.75) is 6.92 Å². The summed E-state index contributed by atoms with van der Waals surface area (Å²) in [5.74, 6) is 5.54. The minimum Gasteiger partial charge on any atom is -0.453 e. The van der Waals surface area contributed by atoms with E-state index in [0.29, 0.717) is 0 Å². The minimum atomic E-state index is -0.308. The third-order valence-corrected chi connectivity index (χ3v) is 2.36. The van der Waals surface area contributed by atoms with Crippen molar-refractivity contribution in [1.29, 1.82) is 0 Å². The van der Waals surface area contributed by atoms with E-state index >= 15 is 0 Å². The van der Waals surface area contributed by atoms with Crippen LogP contribution in [0.3, 0.4) is 0 Å². The smallest absolute Gasteiger partial charge is 0.303 e. The number of fused-ring (bicyclic) bond motifs is 1. The van der Waals surface area contributed by atoms with E-state index in [4.69, 9.17) is 4.74 Å². The third kappa shape index (κ3) is 2.85. The van der Waals surface area contributed by atoms with Crippen molar-refractivity contribution < 1.29 is 9.53 Å². The fourth-order valence-corrected chi connectivity index (χ4v) is 1.60. The number of carbonyl (C=O) groups is 1. The molecular formula is C15H12O2. The number of hydrogen-bond acceptors (Lipinski definition) is 2. The molecule has 0 aromatic heterocycles. The predicted molar refractivity (Wildman–Crippen MR) is 67.5 cm³/mol. The zero-order chi connectivity index (χ0) is 12.1. The SMILES string of the molecule is CC(=O)OCC#Cc1cccc2ccccc12. The van der Waals surface area contributed by atoms with Gasteiger partial charge in [0.05, 0.1) is 0 Å². The molecule has 0 saturated carbocycles. The summed E-state index contributed by atoms with van der Waals surface area (Å²) in [6.07, 6.45) is 0. The molecule has 0 amide bonds. The standard InChI is InChI=1S/C15H12O2/c1-12(16)17-11-5-9-14-8-4-7-13-6-2-3-10-15(13)14/h2-4,6-8,10H,11H2,1H3. The van der Waals surface area contributed by atoms with Gasteiger partial charge in [0.2, 0.25) is 0 Å². The largest absolute Gasteiger partial charge is 0.453 e. The van der Waals surface area contributed by atoms with Crippen LogP contribution in [0.15, 0.2) is 42.5 Å². The van der Waals surface area contributed by atoms with E-state index in [9.17, 15) is 4.79 Å². The lowest BCUT2D eigenvalue weighted by Crippen LogP contribution is -1.97. The van der Waals surface area contributed by atoms with Gasteiger partial charge < -0.3 is 4.74 Å². The van der Waals surface area contributed by atoms with Crippen molar-refractivity contribution in [3.63, 3.8) is 0 Å². The third-order valence-electron chi connectivity index (χ3n) is 2.36. The Hall–Kier alpha value is -2.27. The first kappa shape index (κ1) is 11.2.